The van der Waals surface area contributed by atoms with Crippen LogP contribution in [0, 0.1) is 0 Å². The molecule has 0 aliphatic carbocycles. The zero-order valence-corrected chi connectivity index (χ0v) is 15.1. The van der Waals surface area contributed by atoms with E-state index >= 15 is 0 Å². The molecule has 0 radical (unpaired) electrons. The maximum absolute atomic E-state index is 11.9. The minimum absolute atomic E-state index is 0. The second-order valence-corrected chi connectivity index (χ2v) is 5.45. The van der Waals surface area contributed by atoms with Crippen molar-refractivity contribution >= 4 is 40.2 Å². The van der Waals surface area contributed by atoms with Gasteiger partial charge in [-0.25, -0.2) is 0 Å². The van der Waals surface area contributed by atoms with Gasteiger partial charge in [-0.2, -0.15) is 0 Å². The molecule has 1 atom stereocenters. The first-order valence-electron chi connectivity index (χ1n) is 6.91. The molecule has 0 aliphatic rings. The predicted octanol–water partition coefficient (Wildman–Crippen LogP) is 2.59. The molecule has 1 amide bonds. The van der Waals surface area contributed by atoms with Gasteiger partial charge in [0.1, 0.15) is 0 Å². The quantitative estimate of drug-likeness (QED) is 0.666. The van der Waals surface area contributed by atoms with Crippen molar-refractivity contribution in [1.82, 2.24) is 10.6 Å². The Bertz CT molecular complexity index is 468. The number of carbonyl (C=O) groups excluding carboxylic acids is 2. The first-order valence-corrected chi connectivity index (χ1v) is 7.71. The summed E-state index contributed by atoms with van der Waals surface area (Å²) in [4.78, 5) is 23.6. The Hall–Kier alpha value is -1.11. The fourth-order valence-corrected chi connectivity index (χ4v) is 2.10. The molecule has 124 valence electrons. The maximum Gasteiger partial charge on any atom is 0.308 e. The lowest BCUT2D eigenvalue weighted by molar-refractivity contribution is -0.143. The zero-order chi connectivity index (χ0) is 15.7. The minimum atomic E-state index is -0.374. The summed E-state index contributed by atoms with van der Waals surface area (Å²) >= 11 is 3.37. The highest BCUT2D eigenvalue weighted by atomic mass is 79.9. The van der Waals surface area contributed by atoms with Crippen LogP contribution in [-0.4, -0.2) is 32.1 Å². The SMILES string of the molecule is CCOC(=O)CC(NC(=O)CCNC)c1ccc(Br)cc1.Cl. The van der Waals surface area contributed by atoms with Crippen LogP contribution in [0.5, 0.6) is 0 Å². The number of benzene rings is 1. The molecular weight excluding hydrogens is 372 g/mol. The Morgan fingerprint density at radius 2 is 1.91 bits per heavy atom. The van der Waals surface area contributed by atoms with Crippen molar-refractivity contribution in [3.8, 4) is 0 Å². The molecule has 0 aromatic heterocycles. The molecule has 0 spiro atoms. The van der Waals surface area contributed by atoms with Gasteiger partial charge in [-0.3, -0.25) is 9.59 Å². The summed E-state index contributed by atoms with van der Waals surface area (Å²) in [5.74, 6) is -0.416. The van der Waals surface area contributed by atoms with E-state index in [0.29, 0.717) is 19.6 Å². The maximum atomic E-state index is 11.9. The number of amides is 1. The van der Waals surface area contributed by atoms with Gasteiger partial charge in [-0.1, -0.05) is 28.1 Å². The molecule has 0 heterocycles. The van der Waals surface area contributed by atoms with Crippen molar-refractivity contribution in [2.45, 2.75) is 25.8 Å². The lowest BCUT2D eigenvalue weighted by Gasteiger charge is -2.18. The van der Waals surface area contributed by atoms with Gasteiger partial charge in [0, 0.05) is 17.4 Å². The average molecular weight is 394 g/mol. The molecule has 1 unspecified atom stereocenters. The largest absolute Gasteiger partial charge is 0.466 e. The van der Waals surface area contributed by atoms with Crippen LogP contribution in [0.25, 0.3) is 0 Å². The van der Waals surface area contributed by atoms with Gasteiger partial charge in [0.25, 0.3) is 0 Å². The van der Waals surface area contributed by atoms with Gasteiger partial charge in [-0.05, 0) is 31.7 Å². The van der Waals surface area contributed by atoms with Crippen molar-refractivity contribution in [3.63, 3.8) is 0 Å². The number of halogens is 2. The lowest BCUT2D eigenvalue weighted by atomic mass is 10.0. The summed E-state index contributed by atoms with van der Waals surface area (Å²) in [6.45, 7) is 2.69. The standard InChI is InChI=1S/C15H21BrN2O3.ClH/c1-3-21-15(20)10-13(18-14(19)8-9-17-2)11-4-6-12(16)7-5-11;/h4-7,13,17H,3,8-10H2,1-2H3,(H,18,19);1H. The van der Waals surface area contributed by atoms with Crippen LogP contribution in [0.1, 0.15) is 31.4 Å². The van der Waals surface area contributed by atoms with Gasteiger partial charge in [0.05, 0.1) is 19.1 Å². The molecule has 5 nitrogen and oxygen atoms in total. The van der Waals surface area contributed by atoms with Crippen molar-refractivity contribution in [2.75, 3.05) is 20.2 Å². The molecule has 0 fully saturated rings. The molecule has 0 aliphatic heterocycles. The second-order valence-electron chi connectivity index (χ2n) is 4.53. The fraction of sp³-hybridized carbons (Fsp3) is 0.467. The number of hydrogen-bond acceptors (Lipinski definition) is 4. The van der Waals surface area contributed by atoms with E-state index in [2.05, 4.69) is 26.6 Å². The van der Waals surface area contributed by atoms with Crippen LogP contribution >= 0.6 is 28.3 Å². The van der Waals surface area contributed by atoms with Crippen molar-refractivity contribution in [3.05, 3.63) is 34.3 Å². The fourth-order valence-electron chi connectivity index (χ4n) is 1.84. The summed E-state index contributed by atoms with van der Waals surface area (Å²) in [6, 6.07) is 7.15. The normalized spacial score (nSPS) is 11.2. The van der Waals surface area contributed by atoms with Crippen LogP contribution in [0.15, 0.2) is 28.7 Å². The van der Waals surface area contributed by atoms with E-state index in [4.69, 9.17) is 4.74 Å². The highest BCUT2D eigenvalue weighted by molar-refractivity contribution is 9.10. The van der Waals surface area contributed by atoms with E-state index in [1.807, 2.05) is 24.3 Å². The highest BCUT2D eigenvalue weighted by Gasteiger charge is 2.19. The van der Waals surface area contributed by atoms with Crippen molar-refractivity contribution in [2.24, 2.45) is 0 Å². The molecule has 0 saturated carbocycles. The lowest BCUT2D eigenvalue weighted by Crippen LogP contribution is -2.32. The molecule has 0 bridgehead atoms. The van der Waals surface area contributed by atoms with Crippen LogP contribution in [0.2, 0.25) is 0 Å². The van der Waals surface area contributed by atoms with Crippen LogP contribution in [0.3, 0.4) is 0 Å². The molecule has 2 N–H and O–H groups in total. The molecule has 1 aromatic carbocycles. The molecule has 22 heavy (non-hydrogen) atoms. The summed E-state index contributed by atoms with van der Waals surface area (Å²) in [7, 11) is 1.79. The number of nitrogens with one attached hydrogen (secondary N) is 2. The number of rotatable bonds is 8. The van der Waals surface area contributed by atoms with Crippen molar-refractivity contribution < 1.29 is 14.3 Å². The Balaban J connectivity index is 0.00000441. The van der Waals surface area contributed by atoms with E-state index < -0.39 is 0 Å². The molecule has 7 heteroatoms. The number of carbonyl (C=O) groups is 2. The van der Waals surface area contributed by atoms with Gasteiger partial charge in [0.15, 0.2) is 0 Å². The summed E-state index contributed by atoms with van der Waals surface area (Å²) in [5.41, 5.74) is 0.879. The van der Waals surface area contributed by atoms with E-state index in [0.717, 1.165) is 10.0 Å². The average Bonchev–Trinajstić information content (AvgIpc) is 2.45. The van der Waals surface area contributed by atoms with Crippen molar-refractivity contribution in [1.29, 1.82) is 0 Å². The summed E-state index contributed by atoms with van der Waals surface area (Å²) in [5, 5.41) is 5.80. The second kappa shape index (κ2) is 11.5. The van der Waals surface area contributed by atoms with Gasteiger partial charge in [0.2, 0.25) is 5.91 Å². The third-order valence-electron chi connectivity index (χ3n) is 2.89. The predicted molar refractivity (Wildman–Crippen MR) is 92.1 cm³/mol. The zero-order valence-electron chi connectivity index (χ0n) is 12.7. The Labute approximate surface area is 145 Å². The summed E-state index contributed by atoms with van der Waals surface area (Å²) < 4.78 is 5.92. The smallest absolute Gasteiger partial charge is 0.308 e. The van der Waals surface area contributed by atoms with E-state index in [9.17, 15) is 9.59 Å². The van der Waals surface area contributed by atoms with Gasteiger partial charge < -0.3 is 15.4 Å². The van der Waals surface area contributed by atoms with E-state index in [-0.39, 0.29) is 36.7 Å². The summed E-state index contributed by atoms with van der Waals surface area (Å²) in [6.07, 6.45) is 0.493. The topological polar surface area (TPSA) is 67.4 Å². The van der Waals surface area contributed by atoms with E-state index in [1.54, 1.807) is 14.0 Å². The Morgan fingerprint density at radius 3 is 2.45 bits per heavy atom. The molecular formula is C15H22BrClN2O3. The number of esters is 1. The Morgan fingerprint density at radius 1 is 1.27 bits per heavy atom. The van der Waals surface area contributed by atoms with E-state index in [1.165, 1.54) is 0 Å². The minimum Gasteiger partial charge on any atom is -0.466 e. The number of ether oxygens (including phenoxy) is 1. The Kier molecular flexibility index (Phi) is 10.9. The monoisotopic (exact) mass is 392 g/mol. The number of hydrogen-bond donors (Lipinski definition) is 2. The highest BCUT2D eigenvalue weighted by Crippen LogP contribution is 2.20. The first-order chi connectivity index (χ1) is 10.1. The molecule has 0 saturated heterocycles. The molecule has 1 rings (SSSR count). The van der Waals surface area contributed by atoms with Crippen LogP contribution in [0.4, 0.5) is 0 Å². The third-order valence-corrected chi connectivity index (χ3v) is 3.41. The van der Waals surface area contributed by atoms with Gasteiger partial charge in [-0.15, -0.1) is 12.4 Å². The third kappa shape index (κ3) is 7.77. The molecule has 1 aromatic rings. The van der Waals surface area contributed by atoms with Crippen LogP contribution in [-0.2, 0) is 14.3 Å². The first kappa shape index (κ1) is 20.9. The van der Waals surface area contributed by atoms with Gasteiger partial charge >= 0.3 is 5.97 Å². The van der Waals surface area contributed by atoms with Crippen LogP contribution < -0.4 is 10.6 Å².